The number of esters is 1. The number of fused-ring (bicyclic) bond motifs is 2. The summed E-state index contributed by atoms with van der Waals surface area (Å²) in [4.78, 5) is 39.2. The number of imidazole rings is 1. The van der Waals surface area contributed by atoms with E-state index in [0.29, 0.717) is 23.5 Å². The van der Waals surface area contributed by atoms with Crippen LogP contribution in [0.1, 0.15) is 30.0 Å². The Hall–Kier alpha value is -3.68. The summed E-state index contributed by atoms with van der Waals surface area (Å²) in [6, 6.07) is 12.6. The number of nitrogens with one attached hydrogen (secondary N) is 1. The zero-order valence-corrected chi connectivity index (χ0v) is 17.8. The molecule has 2 amide bonds. The van der Waals surface area contributed by atoms with Crippen LogP contribution in [0, 0.1) is 6.92 Å². The monoisotopic (exact) mass is 421 g/mol. The minimum atomic E-state index is -0.397. The van der Waals surface area contributed by atoms with Gasteiger partial charge in [0.2, 0.25) is 5.91 Å². The van der Waals surface area contributed by atoms with Crippen molar-refractivity contribution in [1.29, 1.82) is 0 Å². The molecule has 8 heteroatoms. The van der Waals surface area contributed by atoms with Crippen molar-refractivity contribution in [2.24, 2.45) is 0 Å². The number of anilines is 2. The Morgan fingerprint density at radius 2 is 1.94 bits per heavy atom. The van der Waals surface area contributed by atoms with Gasteiger partial charge in [-0.25, -0.2) is 13.9 Å². The molecule has 0 saturated heterocycles. The smallest absolute Gasteiger partial charge is 0.338 e. The van der Waals surface area contributed by atoms with E-state index >= 15 is 0 Å². The number of rotatable bonds is 5. The fourth-order valence-electron chi connectivity index (χ4n) is 4.08. The van der Waals surface area contributed by atoms with E-state index in [1.54, 1.807) is 25.1 Å². The maximum Gasteiger partial charge on any atom is 0.338 e. The molecule has 0 aliphatic carbocycles. The Balaban J connectivity index is 1.75. The van der Waals surface area contributed by atoms with Gasteiger partial charge in [-0.2, -0.15) is 0 Å². The van der Waals surface area contributed by atoms with Gasteiger partial charge in [0.05, 0.1) is 30.1 Å². The number of ether oxygens (including phenoxy) is 1. The Morgan fingerprint density at radius 1 is 1.16 bits per heavy atom. The number of benzene rings is 2. The molecular weight excluding hydrogens is 396 g/mol. The lowest BCUT2D eigenvalue weighted by Crippen LogP contribution is -2.44. The first kappa shape index (κ1) is 20.6. The summed E-state index contributed by atoms with van der Waals surface area (Å²) >= 11 is 0. The number of amides is 2. The van der Waals surface area contributed by atoms with Gasteiger partial charge in [-0.05, 0) is 38.1 Å². The highest BCUT2D eigenvalue weighted by atomic mass is 16.5. The molecular formula is C23H25N4O4+. The molecule has 1 aliphatic heterocycles. The molecule has 0 radical (unpaired) electrons. The molecule has 0 saturated carbocycles. The molecule has 0 fully saturated rings. The van der Waals surface area contributed by atoms with Crippen LogP contribution >= 0.6 is 0 Å². The average Bonchev–Trinajstić information content (AvgIpc) is 3.03. The van der Waals surface area contributed by atoms with Crippen LogP contribution in [0.4, 0.5) is 11.4 Å². The molecule has 0 bridgehead atoms. The van der Waals surface area contributed by atoms with Gasteiger partial charge in [-0.15, -0.1) is 0 Å². The number of aromatic nitrogens is 2. The lowest BCUT2D eigenvalue weighted by molar-refractivity contribution is -0.674. The highest BCUT2D eigenvalue weighted by Gasteiger charge is 2.30. The van der Waals surface area contributed by atoms with Gasteiger partial charge in [0.15, 0.2) is 17.6 Å². The fraction of sp³-hybridized carbons (Fsp3) is 0.304. The van der Waals surface area contributed by atoms with Crippen molar-refractivity contribution in [3.8, 4) is 0 Å². The maximum atomic E-state index is 13.3. The quantitative estimate of drug-likeness (QED) is 0.507. The molecule has 0 unspecified atom stereocenters. The topological polar surface area (TPSA) is 84.5 Å². The fourth-order valence-corrected chi connectivity index (χ4v) is 4.08. The summed E-state index contributed by atoms with van der Waals surface area (Å²) in [6.07, 6.45) is 0. The second kappa shape index (κ2) is 8.22. The van der Waals surface area contributed by atoms with Crippen LogP contribution in [0.2, 0.25) is 0 Å². The van der Waals surface area contributed by atoms with Crippen LogP contribution in [0.5, 0.6) is 0 Å². The molecule has 31 heavy (non-hydrogen) atoms. The van der Waals surface area contributed by atoms with E-state index in [1.165, 1.54) is 4.90 Å². The minimum Gasteiger partial charge on any atom is -0.462 e. The number of nitrogens with zero attached hydrogens (tertiary/aromatic N) is 3. The van der Waals surface area contributed by atoms with Crippen molar-refractivity contribution < 1.29 is 23.7 Å². The van der Waals surface area contributed by atoms with E-state index in [2.05, 4.69) is 9.88 Å². The number of aryl methyl sites for hydroxylation is 1. The van der Waals surface area contributed by atoms with Crippen LogP contribution < -0.4 is 14.8 Å². The second-order valence-electron chi connectivity index (χ2n) is 7.35. The zero-order valence-electron chi connectivity index (χ0n) is 17.8. The molecule has 2 aromatic carbocycles. The minimum absolute atomic E-state index is 0.0318. The van der Waals surface area contributed by atoms with Crippen LogP contribution in [0.15, 0.2) is 42.5 Å². The van der Waals surface area contributed by atoms with Gasteiger partial charge >= 0.3 is 5.97 Å². The highest BCUT2D eigenvalue weighted by Crippen LogP contribution is 2.29. The van der Waals surface area contributed by atoms with Gasteiger partial charge in [0.1, 0.15) is 6.54 Å². The van der Waals surface area contributed by atoms with E-state index in [0.717, 1.165) is 23.4 Å². The summed E-state index contributed by atoms with van der Waals surface area (Å²) in [7, 11) is 0. The molecule has 3 aromatic rings. The number of carbonyl (C=O) groups is 3. The van der Waals surface area contributed by atoms with E-state index in [4.69, 9.17) is 4.74 Å². The van der Waals surface area contributed by atoms with Crippen LogP contribution in [-0.4, -0.2) is 35.5 Å². The SMILES string of the molecule is CCOC(=O)c1ccc2c(c1)n(CC(=O)N1CC(=O)Nc3ccccc31)c(C)[n+]2CC. The molecule has 2 heterocycles. The third-order valence-electron chi connectivity index (χ3n) is 5.53. The third-order valence-corrected chi connectivity index (χ3v) is 5.53. The maximum absolute atomic E-state index is 13.3. The molecule has 0 spiro atoms. The van der Waals surface area contributed by atoms with Crippen molar-refractivity contribution in [1.82, 2.24) is 4.57 Å². The molecule has 1 aliphatic rings. The molecule has 4 rings (SSSR count). The summed E-state index contributed by atoms with van der Waals surface area (Å²) in [5.41, 5.74) is 3.43. The predicted molar refractivity (Wildman–Crippen MR) is 116 cm³/mol. The van der Waals surface area contributed by atoms with Gasteiger partial charge in [-0.1, -0.05) is 12.1 Å². The summed E-state index contributed by atoms with van der Waals surface area (Å²) in [6.45, 7) is 6.76. The van der Waals surface area contributed by atoms with Crippen molar-refractivity contribution in [3.63, 3.8) is 0 Å². The molecule has 8 nitrogen and oxygen atoms in total. The highest BCUT2D eigenvalue weighted by molar-refractivity contribution is 6.10. The molecule has 160 valence electrons. The first-order valence-corrected chi connectivity index (χ1v) is 10.3. The summed E-state index contributed by atoms with van der Waals surface area (Å²) in [5, 5.41) is 2.80. The van der Waals surface area contributed by atoms with Crippen LogP contribution in [0.25, 0.3) is 11.0 Å². The van der Waals surface area contributed by atoms with E-state index in [1.807, 2.05) is 42.7 Å². The van der Waals surface area contributed by atoms with Crippen LogP contribution in [0.3, 0.4) is 0 Å². The third kappa shape index (κ3) is 3.65. The number of para-hydroxylation sites is 2. The lowest BCUT2D eigenvalue weighted by atomic mass is 10.2. The Labute approximate surface area is 180 Å². The lowest BCUT2D eigenvalue weighted by Gasteiger charge is -2.28. The average molecular weight is 421 g/mol. The van der Waals surface area contributed by atoms with Gasteiger partial charge in [0.25, 0.3) is 11.7 Å². The van der Waals surface area contributed by atoms with Crippen molar-refractivity contribution in [2.75, 3.05) is 23.4 Å². The normalized spacial score (nSPS) is 13.1. The standard InChI is InChI=1S/C23H24N4O4/c1-4-25-15(3)26(20-12-16(10-11-19(20)25)23(30)31-5-2)14-22(29)27-13-21(28)24-17-8-6-7-9-18(17)27/h6-12H,4-5,13-14H2,1-3H3/p+1. The van der Waals surface area contributed by atoms with Crippen molar-refractivity contribution in [3.05, 3.63) is 53.9 Å². The zero-order chi connectivity index (χ0) is 22.1. The largest absolute Gasteiger partial charge is 0.462 e. The van der Waals surface area contributed by atoms with E-state index in [-0.39, 0.29) is 24.9 Å². The Kier molecular flexibility index (Phi) is 5.46. The molecule has 1 N–H and O–H groups in total. The van der Waals surface area contributed by atoms with Gasteiger partial charge < -0.3 is 10.1 Å². The Bertz CT molecular complexity index is 1200. The van der Waals surface area contributed by atoms with Crippen molar-refractivity contribution in [2.45, 2.75) is 33.9 Å². The Morgan fingerprint density at radius 3 is 2.68 bits per heavy atom. The van der Waals surface area contributed by atoms with Gasteiger partial charge in [-0.3, -0.25) is 14.5 Å². The van der Waals surface area contributed by atoms with E-state index in [9.17, 15) is 14.4 Å². The first-order chi connectivity index (χ1) is 14.9. The number of hydrogen-bond acceptors (Lipinski definition) is 4. The molecule has 0 atom stereocenters. The summed E-state index contributed by atoms with van der Waals surface area (Å²) < 4.78 is 9.11. The second-order valence-corrected chi connectivity index (χ2v) is 7.35. The first-order valence-electron chi connectivity index (χ1n) is 10.3. The van der Waals surface area contributed by atoms with Crippen molar-refractivity contribution >= 4 is 40.2 Å². The van der Waals surface area contributed by atoms with E-state index < -0.39 is 5.97 Å². The number of hydrogen-bond donors (Lipinski definition) is 1. The van der Waals surface area contributed by atoms with Crippen LogP contribution in [-0.2, 0) is 27.4 Å². The molecule has 1 aromatic heterocycles. The van der Waals surface area contributed by atoms with Gasteiger partial charge in [0, 0.05) is 13.0 Å². The number of carbonyl (C=O) groups excluding carboxylic acids is 3. The summed E-state index contributed by atoms with van der Waals surface area (Å²) in [5.74, 6) is 0.0638. The predicted octanol–water partition coefficient (Wildman–Crippen LogP) is 2.42.